The number of imide groups is 1. The molecule has 14 heterocycles. The molecule has 0 radical (unpaired) electrons. The van der Waals surface area contributed by atoms with Gasteiger partial charge < -0.3 is 110 Å². The molecule has 115 heavy (non-hydrogen) atoms. The highest BCUT2D eigenvalue weighted by Crippen LogP contribution is 2.39. The molecule has 0 saturated carbocycles. The molecular weight excluding hydrogens is 1510 g/mol. The molecule has 13 aliphatic rings. The van der Waals surface area contributed by atoms with Gasteiger partial charge in [-0.2, -0.15) is 0 Å². The zero-order chi connectivity index (χ0) is 80.3. The number of epoxide rings is 12. The molecule has 12 unspecified atom stereocenters. The molecule has 3 amide bonds. The third-order valence-electron chi connectivity index (χ3n) is 18.8. The first-order chi connectivity index (χ1) is 55.6. The van der Waals surface area contributed by atoms with Gasteiger partial charge in [-0.3, -0.25) is 9.69 Å². The van der Waals surface area contributed by atoms with Crippen LogP contribution in [0.3, 0.4) is 0 Å². The molecule has 0 aliphatic carbocycles. The Hall–Kier alpha value is -10.4. The lowest BCUT2D eigenvalue weighted by atomic mass is 10.0. The molecule has 0 spiro atoms. The van der Waals surface area contributed by atoms with Crippen LogP contribution >= 0.6 is 0 Å². The molecule has 616 valence electrons. The number of ether oxygens (including phenoxy) is 20. The Balaban J connectivity index is 0.000000114. The zero-order valence-electron chi connectivity index (χ0n) is 63.1. The van der Waals surface area contributed by atoms with Crippen LogP contribution in [0.15, 0.2) is 124 Å². The summed E-state index contributed by atoms with van der Waals surface area (Å²) in [6, 6.07) is 26.7. The molecule has 6 aromatic rings. The van der Waals surface area contributed by atoms with E-state index < -0.39 is 34.5 Å². The summed E-state index contributed by atoms with van der Waals surface area (Å²) in [7, 11) is 0. The van der Waals surface area contributed by atoms with E-state index in [1.54, 1.807) is 79.4 Å². The van der Waals surface area contributed by atoms with Crippen molar-refractivity contribution in [3.05, 3.63) is 163 Å². The quantitative estimate of drug-likeness (QED) is 0.0193. The molecule has 13 fully saturated rings. The second-order valence-electron chi connectivity index (χ2n) is 29.1. The highest BCUT2D eigenvalue weighted by atomic mass is 16.7. The van der Waals surface area contributed by atoms with Crippen LogP contribution in [0.4, 0.5) is 4.79 Å². The summed E-state index contributed by atoms with van der Waals surface area (Å²) in [4.78, 5) is 111. The molecule has 0 bridgehead atoms. The van der Waals surface area contributed by atoms with E-state index >= 15 is 0 Å². The molecule has 13 saturated heterocycles. The number of phenols is 2. The number of fused-ring (bicyclic) bond motifs is 1. The fourth-order valence-electron chi connectivity index (χ4n) is 10.9. The van der Waals surface area contributed by atoms with Gasteiger partial charge in [0, 0.05) is 18.2 Å². The number of rotatable bonds is 34. The van der Waals surface area contributed by atoms with Gasteiger partial charge in [-0.1, -0.05) is 24.3 Å². The first-order valence-electron chi connectivity index (χ1n) is 37.7. The smallest absolute Gasteiger partial charge is 0.338 e. The van der Waals surface area contributed by atoms with Crippen molar-refractivity contribution in [1.29, 1.82) is 0 Å². The monoisotopic (exact) mass is 1600 g/mol. The first kappa shape index (κ1) is 81.2. The summed E-state index contributed by atoms with van der Waals surface area (Å²) in [5.74, 6) is 0.212. The van der Waals surface area contributed by atoms with Crippen molar-refractivity contribution in [2.24, 2.45) is 0 Å². The molecule has 36 nitrogen and oxygen atoms in total. The van der Waals surface area contributed by atoms with Gasteiger partial charge in [-0.25, -0.2) is 52.1 Å². The predicted molar refractivity (Wildman–Crippen MR) is 394 cm³/mol. The van der Waals surface area contributed by atoms with Crippen LogP contribution < -0.4 is 36.0 Å². The summed E-state index contributed by atoms with van der Waals surface area (Å²) in [6.07, 6.45) is 2.27. The van der Waals surface area contributed by atoms with Crippen molar-refractivity contribution in [3.8, 4) is 34.5 Å². The molecule has 2 N–H and O–H groups in total. The molecule has 5 aromatic carbocycles. The third kappa shape index (κ3) is 25.1. The van der Waals surface area contributed by atoms with E-state index in [1.807, 2.05) is 24.3 Å². The number of aromatic nitrogens is 3. The van der Waals surface area contributed by atoms with Crippen molar-refractivity contribution in [3.63, 3.8) is 0 Å². The van der Waals surface area contributed by atoms with Crippen molar-refractivity contribution >= 4 is 46.6 Å². The van der Waals surface area contributed by atoms with Crippen molar-refractivity contribution in [1.82, 2.24) is 23.5 Å². The molecule has 1 aromatic heterocycles. The molecule has 13 aliphatic heterocycles. The number of urea groups is 1. The van der Waals surface area contributed by atoms with Crippen LogP contribution in [0.25, 0.3) is 10.8 Å². The SMILES string of the molecule is C=CCn1c(=O)n(CC2CO2)c(=O)n(CC2CO2)c1=O.CC1(C)C(=O)N(CC2CO2)C(=O)N1CC1CO1.O=C(OCC1CO1)c1ccc(C(=O)OCC2CO2)cc1.O=C(OCC1CO1)c1ccc2cc(C(=O)OCC3CO3)ccc2c1.Oc1cc(O)c(OCC2CO2)cc1OCC1CO1.c1cc(OCC2CO2)cc(OCC2CO2)c1. The third-order valence-corrected chi connectivity index (χ3v) is 18.8. The van der Waals surface area contributed by atoms with Gasteiger partial charge in [0.15, 0.2) is 23.0 Å². The average Bonchev–Trinajstić information content (AvgIpc) is 1.58. The number of esters is 4. The number of hydrogen-bond acceptors (Lipinski definition) is 31. The van der Waals surface area contributed by atoms with Crippen LogP contribution in [0.5, 0.6) is 34.5 Å². The Morgan fingerprint density at radius 1 is 0.391 bits per heavy atom. The summed E-state index contributed by atoms with van der Waals surface area (Å²) in [5.41, 5.74) is -0.870. The number of amides is 3. The fourth-order valence-corrected chi connectivity index (χ4v) is 10.9. The number of phenolic OH excluding ortho intramolecular Hbond substituents is 2. The summed E-state index contributed by atoms with van der Waals surface area (Å²) >= 11 is 0. The van der Waals surface area contributed by atoms with E-state index in [-0.39, 0.29) is 166 Å². The maximum absolute atomic E-state index is 12.3. The fraction of sp³-hybridized carbons (Fsp3) is 0.506. The van der Waals surface area contributed by atoms with Crippen molar-refractivity contribution < 1.29 is 134 Å². The van der Waals surface area contributed by atoms with Crippen LogP contribution in [-0.4, -0.2) is 294 Å². The maximum atomic E-state index is 12.3. The number of nitrogens with zero attached hydrogens (tertiary/aromatic N) is 5. The number of carbonyl (C=O) groups excluding carboxylic acids is 6. The topological polar surface area (TPSA) is 440 Å². The standard InChI is InChI=1S/C18H16O6.C14H14O6.C12H15N3O5.C12H14O6.C12H14O4.C11H16N2O4/c19-17(23-9-15-7-21-15)13-3-1-11-5-14(4-2-12(11)6-13)18(20)24-10-16-8-22-16;15-13(19-7-11-5-17-11)9-1-2-10(4-3-9)14(16)20-8-12-6-18-12;1-2-3-13-10(16)14(4-8-6-19-8)12(18)15(11(13)17)5-9-7-20-9;13-9-1-10(14)12(18-6-8-4-16-8)2-11(9)17-5-7-3-15-7;1-2-9(13-5-11-7-15-11)4-10(3-1)14-6-12-8-16-12;1-11(2)9(14)12(3-7-5-16-7)10(15)13(11)4-8-6-17-8/h1-6,15-16H,7-10H2;1-4,11-12H,5-8H2;2,8-9H,1,3-7H2;1-2,7-8,13-14H,3-6H2;1-4,11-12H,5-8H2;7-8H,3-6H2,1-2H3. The number of allylic oxidation sites excluding steroid dienone is 1. The highest BCUT2D eigenvalue weighted by Gasteiger charge is 2.54. The van der Waals surface area contributed by atoms with Gasteiger partial charge in [-0.15, -0.1) is 6.58 Å². The second kappa shape index (κ2) is 37.1. The van der Waals surface area contributed by atoms with E-state index in [4.69, 9.17) is 94.7 Å². The lowest BCUT2D eigenvalue weighted by Crippen LogP contribution is -2.55. The van der Waals surface area contributed by atoms with E-state index in [2.05, 4.69) is 6.58 Å². The number of benzene rings is 5. The average molecular weight is 1600 g/mol. The number of aromatic hydroxyl groups is 2. The van der Waals surface area contributed by atoms with Gasteiger partial charge in [-0.05, 0) is 85.3 Å². The van der Waals surface area contributed by atoms with Gasteiger partial charge in [0.1, 0.15) is 119 Å². The second-order valence-corrected chi connectivity index (χ2v) is 29.1. The number of hydrogen-bond donors (Lipinski definition) is 2. The first-order valence-corrected chi connectivity index (χ1v) is 37.7. The molecular formula is C79H89N5O31. The van der Waals surface area contributed by atoms with Crippen LogP contribution in [0, 0.1) is 0 Å². The Morgan fingerprint density at radius 3 is 1.06 bits per heavy atom. The van der Waals surface area contributed by atoms with Crippen LogP contribution in [0.1, 0.15) is 55.3 Å². The summed E-state index contributed by atoms with van der Waals surface area (Å²) in [6.45, 7) is 19.4. The lowest BCUT2D eigenvalue weighted by Gasteiger charge is -2.26. The highest BCUT2D eigenvalue weighted by molar-refractivity contribution is 6.06. The number of carbonyl (C=O) groups is 6. The lowest BCUT2D eigenvalue weighted by molar-refractivity contribution is -0.132. The van der Waals surface area contributed by atoms with E-state index in [0.717, 1.165) is 49.2 Å². The van der Waals surface area contributed by atoms with Crippen LogP contribution in [0.2, 0.25) is 0 Å². The van der Waals surface area contributed by atoms with E-state index in [0.29, 0.717) is 128 Å². The summed E-state index contributed by atoms with van der Waals surface area (Å²) in [5, 5.41) is 21.0. The minimum Gasteiger partial charge on any atom is -0.504 e. The van der Waals surface area contributed by atoms with Gasteiger partial charge in [0.05, 0.1) is 159 Å². The van der Waals surface area contributed by atoms with E-state index in [1.165, 1.54) is 23.1 Å². The Morgan fingerprint density at radius 2 is 0.704 bits per heavy atom. The van der Waals surface area contributed by atoms with Crippen LogP contribution in [-0.2, 0) is 100 Å². The Bertz CT molecular complexity index is 4420. The minimum absolute atomic E-state index is 0.0378. The normalized spacial score (nSPS) is 25.2. The van der Waals surface area contributed by atoms with Gasteiger partial charge in [0.25, 0.3) is 5.91 Å². The minimum atomic E-state index is -0.766. The predicted octanol–water partition coefficient (Wildman–Crippen LogP) is 2.63. The summed E-state index contributed by atoms with van der Waals surface area (Å²) < 4.78 is 106. The molecule has 36 heteroatoms. The Labute approximate surface area is 656 Å². The van der Waals surface area contributed by atoms with E-state index in [9.17, 15) is 53.4 Å². The van der Waals surface area contributed by atoms with Gasteiger partial charge >= 0.3 is 47.0 Å². The largest absolute Gasteiger partial charge is 0.504 e. The molecule has 19 rings (SSSR count). The van der Waals surface area contributed by atoms with Crippen molar-refractivity contribution in [2.75, 3.05) is 145 Å². The van der Waals surface area contributed by atoms with Gasteiger partial charge in [0.2, 0.25) is 0 Å². The van der Waals surface area contributed by atoms with Crippen molar-refractivity contribution in [2.45, 2.75) is 112 Å². The zero-order valence-corrected chi connectivity index (χ0v) is 63.1. The molecule has 12 atom stereocenters. The Kier molecular flexibility index (Phi) is 26.2. The maximum Gasteiger partial charge on any atom is 0.338 e.